The fourth-order valence-electron chi connectivity index (χ4n) is 1.73. The minimum absolute atomic E-state index is 0.970. The molecular formula is C14H22N4S2. The Labute approximate surface area is 130 Å². The molecule has 1 rings (SSSR count). The summed E-state index contributed by atoms with van der Waals surface area (Å²) in [6.45, 7) is 0. The smallest absolute Gasteiger partial charge is 0.143 e. The first kappa shape index (κ1) is 16.9. The number of nitrogens with zero attached hydrogens (tertiary/aromatic N) is 4. The summed E-state index contributed by atoms with van der Waals surface area (Å²) >= 11 is 2.93. The first-order valence-corrected chi connectivity index (χ1v) is 8.55. The minimum Gasteiger partial charge on any atom is -0.362 e. The zero-order chi connectivity index (χ0) is 15.1. The highest BCUT2D eigenvalue weighted by Gasteiger charge is 2.09. The maximum Gasteiger partial charge on any atom is 0.143 e. The van der Waals surface area contributed by atoms with Crippen molar-refractivity contribution in [2.75, 3.05) is 40.7 Å². The fourth-order valence-corrected chi connectivity index (χ4v) is 2.61. The molecule has 0 heterocycles. The van der Waals surface area contributed by atoms with Gasteiger partial charge in [-0.1, -0.05) is 24.3 Å². The van der Waals surface area contributed by atoms with E-state index in [1.165, 1.54) is 23.9 Å². The van der Waals surface area contributed by atoms with Gasteiger partial charge in [-0.25, -0.2) is 0 Å². The summed E-state index contributed by atoms with van der Waals surface area (Å²) in [6.07, 6.45) is 3.93. The summed E-state index contributed by atoms with van der Waals surface area (Å²) in [5, 5.41) is 0. The Bertz CT molecular complexity index is 433. The number of hydrogen-bond donors (Lipinski definition) is 0. The van der Waals surface area contributed by atoms with Crippen LogP contribution >= 0.6 is 23.9 Å². The molecular weight excluding hydrogens is 288 g/mol. The lowest BCUT2D eigenvalue weighted by Gasteiger charge is -2.18. The predicted octanol–water partition coefficient (Wildman–Crippen LogP) is 2.86. The third kappa shape index (κ3) is 4.45. The molecule has 0 atom stereocenters. The van der Waals surface area contributed by atoms with E-state index in [9.17, 15) is 0 Å². The summed E-state index contributed by atoms with van der Waals surface area (Å²) in [6, 6.07) is 8.35. The van der Waals surface area contributed by atoms with Gasteiger partial charge < -0.3 is 9.80 Å². The molecule has 0 saturated carbocycles. The van der Waals surface area contributed by atoms with Gasteiger partial charge in [-0.05, 0) is 23.9 Å². The molecule has 1 aromatic carbocycles. The van der Waals surface area contributed by atoms with Crippen LogP contribution in [0.2, 0.25) is 0 Å². The van der Waals surface area contributed by atoms with Crippen LogP contribution < -0.4 is 0 Å². The van der Waals surface area contributed by atoms with E-state index in [0.717, 1.165) is 22.8 Å². The van der Waals surface area contributed by atoms with Crippen LogP contribution in [-0.4, -0.2) is 62.2 Å². The highest BCUT2D eigenvalue weighted by atomic mass is 32.2. The molecule has 1 aromatic rings. The van der Waals surface area contributed by atoms with Gasteiger partial charge in [0.05, 0.1) is 0 Å². The summed E-state index contributed by atoms with van der Waals surface area (Å²) < 4.78 is 8.91. The highest BCUT2D eigenvalue weighted by Crippen LogP contribution is 2.13. The molecule has 4 nitrogen and oxygen atoms in total. The summed E-state index contributed by atoms with van der Waals surface area (Å²) in [4.78, 5) is 4.04. The Morgan fingerprint density at radius 3 is 1.25 bits per heavy atom. The van der Waals surface area contributed by atoms with E-state index in [2.05, 4.69) is 33.1 Å². The van der Waals surface area contributed by atoms with E-state index in [1.807, 2.05) is 50.5 Å². The first-order valence-electron chi connectivity index (χ1n) is 6.19. The van der Waals surface area contributed by atoms with Crippen molar-refractivity contribution >= 4 is 35.6 Å². The molecule has 0 fully saturated rings. The van der Waals surface area contributed by atoms with E-state index in [4.69, 9.17) is 0 Å². The number of benzene rings is 1. The van der Waals surface area contributed by atoms with Crippen LogP contribution in [0.3, 0.4) is 0 Å². The third-order valence-electron chi connectivity index (χ3n) is 2.60. The van der Waals surface area contributed by atoms with Crippen molar-refractivity contribution in [2.45, 2.75) is 0 Å². The van der Waals surface area contributed by atoms with Crippen molar-refractivity contribution in [1.29, 1.82) is 0 Å². The molecule has 0 aromatic heterocycles. The Hall–Kier alpha value is -1.14. The first-order chi connectivity index (χ1) is 9.51. The van der Waals surface area contributed by atoms with Crippen molar-refractivity contribution in [3.05, 3.63) is 35.4 Å². The molecule has 0 unspecified atom stereocenters. The standard InChI is InChI=1S/C14H22N4S2/c1-17(2)13(15-19-5)11-7-9-12(10-8-11)14(16-20-6)18(3)4/h7-10H,1-6H3/b15-13-,16-14?. The number of amidine groups is 2. The minimum atomic E-state index is 0.970. The van der Waals surface area contributed by atoms with Gasteiger partial charge in [-0.15, -0.1) is 0 Å². The van der Waals surface area contributed by atoms with Crippen molar-refractivity contribution in [3.8, 4) is 0 Å². The molecule has 20 heavy (non-hydrogen) atoms. The lowest BCUT2D eigenvalue weighted by atomic mass is 10.1. The van der Waals surface area contributed by atoms with Gasteiger partial charge >= 0.3 is 0 Å². The second-order valence-electron chi connectivity index (χ2n) is 4.56. The van der Waals surface area contributed by atoms with Gasteiger partial charge in [0.1, 0.15) is 11.7 Å². The molecule has 0 aliphatic carbocycles. The molecule has 0 radical (unpaired) electrons. The van der Waals surface area contributed by atoms with Crippen LogP contribution in [0.25, 0.3) is 0 Å². The summed E-state index contributed by atoms with van der Waals surface area (Å²) in [5.41, 5.74) is 2.21. The van der Waals surface area contributed by atoms with Crippen LogP contribution in [0.4, 0.5) is 0 Å². The lowest BCUT2D eigenvalue weighted by Crippen LogP contribution is -2.24. The van der Waals surface area contributed by atoms with Crippen LogP contribution in [0.15, 0.2) is 33.1 Å². The SMILES string of the molecule is CSN=C(c1ccc(/C(=N/SC)N(C)C)cc1)N(C)C. The second kappa shape index (κ2) is 8.21. The zero-order valence-corrected chi connectivity index (χ0v) is 14.5. The van der Waals surface area contributed by atoms with Crippen molar-refractivity contribution in [2.24, 2.45) is 8.80 Å². The maximum absolute atomic E-state index is 4.45. The number of rotatable bonds is 4. The Morgan fingerprint density at radius 2 is 1.05 bits per heavy atom. The van der Waals surface area contributed by atoms with E-state index in [-0.39, 0.29) is 0 Å². The molecule has 0 N–H and O–H groups in total. The van der Waals surface area contributed by atoms with Gasteiger partial charge in [-0.3, -0.25) is 0 Å². The van der Waals surface area contributed by atoms with Crippen LogP contribution in [0.1, 0.15) is 11.1 Å². The van der Waals surface area contributed by atoms with Crippen LogP contribution in [-0.2, 0) is 0 Å². The van der Waals surface area contributed by atoms with Crippen LogP contribution in [0, 0.1) is 0 Å². The fraction of sp³-hybridized carbons (Fsp3) is 0.429. The third-order valence-corrected chi connectivity index (χ3v) is 3.32. The molecule has 0 aliphatic rings. The Balaban J connectivity index is 3.10. The predicted molar refractivity (Wildman–Crippen MR) is 93.9 cm³/mol. The van der Waals surface area contributed by atoms with E-state index in [0.29, 0.717) is 0 Å². The average Bonchev–Trinajstić information content (AvgIpc) is 2.42. The average molecular weight is 310 g/mol. The summed E-state index contributed by atoms with van der Waals surface area (Å²) in [7, 11) is 8.01. The largest absolute Gasteiger partial charge is 0.362 e. The van der Waals surface area contributed by atoms with Gasteiger partial charge in [0, 0.05) is 51.8 Å². The Kier molecular flexibility index (Phi) is 6.95. The monoisotopic (exact) mass is 310 g/mol. The van der Waals surface area contributed by atoms with E-state index in [1.54, 1.807) is 0 Å². The van der Waals surface area contributed by atoms with Gasteiger partial charge in [0.2, 0.25) is 0 Å². The molecule has 0 bridgehead atoms. The number of hydrogen-bond acceptors (Lipinski definition) is 4. The molecule has 0 spiro atoms. The normalized spacial score (nSPS) is 12.5. The van der Waals surface area contributed by atoms with Gasteiger partial charge in [-0.2, -0.15) is 8.80 Å². The molecule has 6 heteroatoms. The molecule has 110 valence electrons. The van der Waals surface area contributed by atoms with Crippen LogP contribution in [0.5, 0.6) is 0 Å². The van der Waals surface area contributed by atoms with Crippen molar-refractivity contribution in [3.63, 3.8) is 0 Å². The molecule has 0 amide bonds. The van der Waals surface area contributed by atoms with Gasteiger partial charge in [0.15, 0.2) is 0 Å². The second-order valence-corrected chi connectivity index (χ2v) is 5.66. The van der Waals surface area contributed by atoms with Crippen molar-refractivity contribution in [1.82, 2.24) is 9.80 Å². The Morgan fingerprint density at radius 1 is 0.750 bits per heavy atom. The lowest BCUT2D eigenvalue weighted by molar-refractivity contribution is 0.624. The van der Waals surface area contributed by atoms with Crippen molar-refractivity contribution < 1.29 is 0 Å². The molecule has 0 saturated heterocycles. The summed E-state index contributed by atoms with van der Waals surface area (Å²) in [5.74, 6) is 1.94. The van der Waals surface area contributed by atoms with E-state index < -0.39 is 0 Å². The van der Waals surface area contributed by atoms with E-state index >= 15 is 0 Å². The molecule has 0 aliphatic heterocycles. The zero-order valence-electron chi connectivity index (χ0n) is 12.9. The maximum atomic E-state index is 4.45. The topological polar surface area (TPSA) is 31.2 Å². The highest BCUT2D eigenvalue weighted by molar-refractivity contribution is 7.97. The van der Waals surface area contributed by atoms with Gasteiger partial charge in [0.25, 0.3) is 0 Å². The quantitative estimate of drug-likeness (QED) is 0.486.